The second-order valence-corrected chi connectivity index (χ2v) is 5.83. The van der Waals surface area contributed by atoms with E-state index in [1.165, 1.54) is 24.5 Å². The Labute approximate surface area is 126 Å². The highest BCUT2D eigenvalue weighted by Gasteiger charge is 2.19. The molecule has 4 heteroatoms. The van der Waals surface area contributed by atoms with E-state index < -0.39 is 0 Å². The molecule has 2 aromatic carbocycles. The molecule has 0 heterocycles. The first-order valence-electron chi connectivity index (χ1n) is 6.66. The molecule has 2 nitrogen and oxygen atoms in total. The van der Waals surface area contributed by atoms with Gasteiger partial charge in [0.2, 0.25) is 0 Å². The van der Waals surface area contributed by atoms with Gasteiger partial charge in [-0.05, 0) is 58.6 Å². The molecular formula is C16H15BrFNO. The van der Waals surface area contributed by atoms with Crippen molar-refractivity contribution in [3.63, 3.8) is 0 Å². The summed E-state index contributed by atoms with van der Waals surface area (Å²) in [6.45, 7) is 0.844. The van der Waals surface area contributed by atoms with Crippen molar-refractivity contribution in [2.24, 2.45) is 0 Å². The van der Waals surface area contributed by atoms with E-state index >= 15 is 0 Å². The van der Waals surface area contributed by atoms with Crippen LogP contribution in [0.5, 0.6) is 11.5 Å². The average molecular weight is 336 g/mol. The van der Waals surface area contributed by atoms with Crippen molar-refractivity contribution in [2.45, 2.75) is 25.4 Å². The van der Waals surface area contributed by atoms with Crippen molar-refractivity contribution < 1.29 is 9.13 Å². The minimum absolute atomic E-state index is 0.325. The lowest BCUT2D eigenvalue weighted by Crippen LogP contribution is -2.15. The number of hydrogen-bond donors (Lipinski definition) is 1. The van der Waals surface area contributed by atoms with Crippen molar-refractivity contribution >= 4 is 15.9 Å². The van der Waals surface area contributed by atoms with Crippen LogP contribution in [-0.4, -0.2) is 6.04 Å². The second-order valence-electron chi connectivity index (χ2n) is 4.98. The Hall–Kier alpha value is -1.39. The number of rotatable bonds is 5. The zero-order chi connectivity index (χ0) is 13.9. The van der Waals surface area contributed by atoms with E-state index in [2.05, 4.69) is 27.3 Å². The summed E-state index contributed by atoms with van der Waals surface area (Å²) < 4.78 is 19.6. The zero-order valence-electron chi connectivity index (χ0n) is 10.9. The average Bonchev–Trinajstić information content (AvgIpc) is 3.25. The van der Waals surface area contributed by atoms with Gasteiger partial charge in [-0.15, -0.1) is 0 Å². The molecule has 0 spiro atoms. The third-order valence-corrected chi connectivity index (χ3v) is 3.84. The normalized spacial score (nSPS) is 14.3. The Morgan fingerprint density at radius 1 is 1.15 bits per heavy atom. The first-order chi connectivity index (χ1) is 9.70. The molecule has 1 fully saturated rings. The summed E-state index contributed by atoms with van der Waals surface area (Å²) in [6, 6.07) is 13.3. The quantitative estimate of drug-likeness (QED) is 0.859. The smallest absolute Gasteiger partial charge is 0.141 e. The van der Waals surface area contributed by atoms with E-state index in [0.29, 0.717) is 16.3 Å². The van der Waals surface area contributed by atoms with Crippen LogP contribution in [0.4, 0.5) is 4.39 Å². The number of ether oxygens (including phenoxy) is 1. The molecule has 0 amide bonds. The number of nitrogens with one attached hydrogen (secondary N) is 1. The molecule has 0 saturated heterocycles. The predicted octanol–water partition coefficient (Wildman–Crippen LogP) is 4.63. The lowest BCUT2D eigenvalue weighted by molar-refractivity contribution is 0.475. The van der Waals surface area contributed by atoms with Crippen LogP contribution in [0.3, 0.4) is 0 Å². The minimum atomic E-state index is -0.325. The van der Waals surface area contributed by atoms with E-state index in [4.69, 9.17) is 4.74 Å². The first kappa shape index (κ1) is 13.6. The van der Waals surface area contributed by atoms with Gasteiger partial charge in [-0.1, -0.05) is 12.1 Å². The molecule has 2 aromatic rings. The van der Waals surface area contributed by atoms with Gasteiger partial charge in [0, 0.05) is 18.7 Å². The molecule has 104 valence electrons. The van der Waals surface area contributed by atoms with Gasteiger partial charge in [-0.3, -0.25) is 0 Å². The maximum absolute atomic E-state index is 13.4. The number of halogens is 2. The Kier molecular flexibility index (Phi) is 4.03. The van der Waals surface area contributed by atoms with Gasteiger partial charge in [0.1, 0.15) is 17.3 Å². The van der Waals surface area contributed by atoms with Crippen molar-refractivity contribution in [3.05, 3.63) is 58.3 Å². The summed E-state index contributed by atoms with van der Waals surface area (Å²) in [4.78, 5) is 0. The van der Waals surface area contributed by atoms with Crippen molar-refractivity contribution in [1.82, 2.24) is 5.32 Å². The van der Waals surface area contributed by atoms with E-state index in [0.717, 1.165) is 12.3 Å². The topological polar surface area (TPSA) is 21.3 Å². The number of hydrogen-bond acceptors (Lipinski definition) is 2. The van der Waals surface area contributed by atoms with E-state index in [9.17, 15) is 4.39 Å². The predicted molar refractivity (Wildman–Crippen MR) is 80.5 cm³/mol. The van der Waals surface area contributed by atoms with Crippen molar-refractivity contribution in [3.8, 4) is 11.5 Å². The van der Waals surface area contributed by atoms with Crippen LogP contribution in [0, 0.1) is 5.82 Å². The summed E-state index contributed by atoms with van der Waals surface area (Å²) in [7, 11) is 0. The van der Waals surface area contributed by atoms with E-state index in [-0.39, 0.29) is 5.82 Å². The molecule has 0 atom stereocenters. The highest BCUT2D eigenvalue weighted by Crippen LogP contribution is 2.26. The molecule has 1 aliphatic carbocycles. The third kappa shape index (κ3) is 3.58. The summed E-state index contributed by atoms with van der Waals surface area (Å²) in [5.74, 6) is 0.897. The molecular weight excluding hydrogens is 321 g/mol. The fourth-order valence-corrected chi connectivity index (χ4v) is 2.19. The fourth-order valence-electron chi connectivity index (χ4n) is 1.95. The first-order valence-corrected chi connectivity index (χ1v) is 7.45. The molecule has 0 aliphatic heterocycles. The second kappa shape index (κ2) is 5.94. The standard InChI is InChI=1S/C16H15BrFNO/c17-15-7-6-14(9-16(15)18)20-13-3-1-2-11(8-13)10-19-12-4-5-12/h1-3,6-9,12,19H,4-5,10H2. The summed E-state index contributed by atoms with van der Waals surface area (Å²) in [6.07, 6.45) is 2.54. The highest BCUT2D eigenvalue weighted by atomic mass is 79.9. The lowest BCUT2D eigenvalue weighted by Gasteiger charge is -2.09. The van der Waals surface area contributed by atoms with Crippen molar-refractivity contribution in [1.29, 1.82) is 0 Å². The van der Waals surface area contributed by atoms with Crippen LogP contribution in [0.1, 0.15) is 18.4 Å². The molecule has 20 heavy (non-hydrogen) atoms. The summed E-state index contributed by atoms with van der Waals surface area (Å²) >= 11 is 3.13. The molecule has 1 saturated carbocycles. The van der Waals surface area contributed by atoms with E-state index in [1.807, 2.05) is 18.2 Å². The minimum Gasteiger partial charge on any atom is -0.457 e. The van der Waals surface area contributed by atoms with Gasteiger partial charge in [0.15, 0.2) is 0 Å². The lowest BCUT2D eigenvalue weighted by atomic mass is 10.2. The maximum Gasteiger partial charge on any atom is 0.141 e. The Balaban J connectivity index is 1.69. The molecule has 3 rings (SSSR count). The van der Waals surface area contributed by atoms with Crippen LogP contribution in [0.15, 0.2) is 46.9 Å². The van der Waals surface area contributed by atoms with Gasteiger partial charge in [0.05, 0.1) is 4.47 Å². The largest absolute Gasteiger partial charge is 0.457 e. The molecule has 0 unspecified atom stereocenters. The van der Waals surface area contributed by atoms with Gasteiger partial charge < -0.3 is 10.1 Å². The maximum atomic E-state index is 13.4. The van der Waals surface area contributed by atoms with Gasteiger partial charge >= 0.3 is 0 Å². The van der Waals surface area contributed by atoms with Crippen molar-refractivity contribution in [2.75, 3.05) is 0 Å². The summed E-state index contributed by atoms with van der Waals surface area (Å²) in [5.41, 5.74) is 1.17. The van der Waals surface area contributed by atoms with Crippen LogP contribution < -0.4 is 10.1 Å². The molecule has 1 aliphatic rings. The van der Waals surface area contributed by atoms with Gasteiger partial charge in [-0.2, -0.15) is 0 Å². The van der Waals surface area contributed by atoms with Crippen LogP contribution in [-0.2, 0) is 6.54 Å². The fraction of sp³-hybridized carbons (Fsp3) is 0.250. The molecule has 0 aromatic heterocycles. The monoisotopic (exact) mass is 335 g/mol. The van der Waals surface area contributed by atoms with Crippen LogP contribution in [0.2, 0.25) is 0 Å². The Morgan fingerprint density at radius 2 is 1.95 bits per heavy atom. The number of benzene rings is 2. The molecule has 1 N–H and O–H groups in total. The SMILES string of the molecule is Fc1cc(Oc2cccc(CNC3CC3)c2)ccc1Br. The zero-order valence-corrected chi connectivity index (χ0v) is 12.5. The Bertz CT molecular complexity index is 613. The summed E-state index contributed by atoms with van der Waals surface area (Å²) in [5, 5.41) is 3.46. The van der Waals surface area contributed by atoms with Gasteiger partial charge in [0.25, 0.3) is 0 Å². The van der Waals surface area contributed by atoms with Crippen LogP contribution in [0.25, 0.3) is 0 Å². The van der Waals surface area contributed by atoms with Gasteiger partial charge in [-0.25, -0.2) is 4.39 Å². The molecule has 0 bridgehead atoms. The third-order valence-electron chi connectivity index (χ3n) is 3.20. The molecule has 0 radical (unpaired) electrons. The highest BCUT2D eigenvalue weighted by molar-refractivity contribution is 9.10. The van der Waals surface area contributed by atoms with Crippen LogP contribution >= 0.6 is 15.9 Å². The Morgan fingerprint density at radius 3 is 2.70 bits per heavy atom. The van der Waals surface area contributed by atoms with E-state index in [1.54, 1.807) is 12.1 Å².